The molecule has 240 valence electrons. The molecule has 0 amide bonds. The Kier molecular flexibility index (Phi) is 12.7. The van der Waals surface area contributed by atoms with Gasteiger partial charge in [0.25, 0.3) is 3.79 Å². The fourth-order valence-electron chi connectivity index (χ4n) is 5.13. The van der Waals surface area contributed by atoms with Crippen LogP contribution in [0.4, 0.5) is 0 Å². The van der Waals surface area contributed by atoms with Gasteiger partial charge in [0.15, 0.2) is 0 Å². The molecule has 0 aromatic heterocycles. The van der Waals surface area contributed by atoms with Gasteiger partial charge < -0.3 is 23.7 Å². The van der Waals surface area contributed by atoms with Crippen molar-refractivity contribution in [3.8, 4) is 0 Å². The quantitative estimate of drug-likeness (QED) is 0.0625. The summed E-state index contributed by atoms with van der Waals surface area (Å²) in [7, 11) is 0. The van der Waals surface area contributed by atoms with Crippen LogP contribution in [0.5, 0.6) is 0 Å². The first-order chi connectivity index (χ1) is 22.4. The molecule has 5 rings (SSSR count). The van der Waals surface area contributed by atoms with Gasteiger partial charge in [-0.2, -0.15) is 0 Å². The molecule has 1 aliphatic rings. The fraction of sp³-hybridized carbons (Fsp3) is 0.270. The van der Waals surface area contributed by atoms with Gasteiger partial charge in [-0.25, -0.2) is 0 Å². The second-order valence-electron chi connectivity index (χ2n) is 10.9. The molecule has 9 heteroatoms. The van der Waals surface area contributed by atoms with Crippen molar-refractivity contribution in [1.82, 2.24) is 0 Å². The van der Waals surface area contributed by atoms with E-state index in [1.165, 1.54) is 0 Å². The highest BCUT2D eigenvalue weighted by Gasteiger charge is 2.45. The number of rotatable bonds is 14. The molecule has 46 heavy (non-hydrogen) atoms. The second-order valence-corrected chi connectivity index (χ2v) is 13.2. The number of halogens is 3. The molecule has 0 bridgehead atoms. The molecular weight excluding hydrogens is 645 g/mol. The minimum atomic E-state index is -2.07. The van der Waals surface area contributed by atoms with Crippen molar-refractivity contribution < 1.29 is 23.7 Å². The Hall–Kier alpha value is -3.20. The molecule has 0 radical (unpaired) electrons. The SMILES string of the molecule is N=C(O[C@H]1C=C(COCc2ccccc2)[C@@H](OCc2ccccc2)[C@H](OCc2ccccc2)[C@H]1OCc1ccccc1)C(Cl)(Cl)Cl. The Morgan fingerprint density at radius 1 is 0.543 bits per heavy atom. The van der Waals surface area contributed by atoms with Crippen molar-refractivity contribution in [2.75, 3.05) is 6.61 Å². The van der Waals surface area contributed by atoms with Crippen LogP contribution in [0.25, 0.3) is 0 Å². The Labute approximate surface area is 285 Å². The molecule has 0 heterocycles. The summed E-state index contributed by atoms with van der Waals surface area (Å²) in [6.45, 7) is 1.48. The van der Waals surface area contributed by atoms with Crippen molar-refractivity contribution in [3.63, 3.8) is 0 Å². The Balaban J connectivity index is 1.49. The number of hydrogen-bond donors (Lipinski definition) is 1. The number of ether oxygens (including phenoxy) is 5. The van der Waals surface area contributed by atoms with Crippen LogP contribution >= 0.6 is 34.8 Å². The van der Waals surface area contributed by atoms with Gasteiger partial charge in [0.05, 0.1) is 33.0 Å². The van der Waals surface area contributed by atoms with Crippen molar-refractivity contribution >= 4 is 40.7 Å². The minimum Gasteiger partial charge on any atom is -0.468 e. The third kappa shape index (κ3) is 10.1. The topological polar surface area (TPSA) is 70.0 Å². The molecule has 4 aromatic carbocycles. The van der Waals surface area contributed by atoms with E-state index in [0.29, 0.717) is 13.2 Å². The Morgan fingerprint density at radius 2 is 0.957 bits per heavy atom. The predicted octanol–water partition coefficient (Wildman–Crippen LogP) is 8.63. The standard InChI is InChI=1S/C37H36Cl3NO5/c38-37(39,40)36(41)46-32-21-31(26-42-22-27-13-5-1-6-14-27)33(43-23-28-15-7-2-8-16-28)35(45-25-30-19-11-4-12-20-30)34(32)44-24-29-17-9-3-10-18-29/h1-21,32-35,41H,22-26H2/t32-,33+,34-,35-/m0/s1. The first-order valence-electron chi connectivity index (χ1n) is 15.0. The van der Waals surface area contributed by atoms with Crippen molar-refractivity contribution in [2.24, 2.45) is 0 Å². The molecule has 1 aliphatic carbocycles. The van der Waals surface area contributed by atoms with E-state index in [2.05, 4.69) is 0 Å². The Bertz CT molecular complexity index is 1520. The van der Waals surface area contributed by atoms with Gasteiger partial charge in [0, 0.05) is 0 Å². The molecule has 1 N–H and O–H groups in total. The van der Waals surface area contributed by atoms with Gasteiger partial charge in [0.1, 0.15) is 24.4 Å². The van der Waals surface area contributed by atoms with Crippen LogP contribution in [-0.2, 0) is 50.1 Å². The number of alkyl halides is 3. The Morgan fingerprint density at radius 3 is 1.41 bits per heavy atom. The molecule has 0 saturated carbocycles. The summed E-state index contributed by atoms with van der Waals surface area (Å²) in [4.78, 5) is 0. The average molecular weight is 681 g/mol. The summed E-state index contributed by atoms with van der Waals surface area (Å²) in [5.74, 6) is -0.526. The van der Waals surface area contributed by atoms with Gasteiger partial charge in [-0.1, -0.05) is 156 Å². The van der Waals surface area contributed by atoms with Crippen molar-refractivity contribution in [1.29, 1.82) is 5.41 Å². The lowest BCUT2D eigenvalue weighted by molar-refractivity contribution is -0.171. The van der Waals surface area contributed by atoms with Crippen LogP contribution < -0.4 is 0 Å². The fourth-order valence-corrected chi connectivity index (χ4v) is 5.27. The second kappa shape index (κ2) is 17.1. The van der Waals surface area contributed by atoms with Gasteiger partial charge in [-0.05, 0) is 33.9 Å². The van der Waals surface area contributed by atoms with Crippen molar-refractivity contribution in [2.45, 2.75) is 54.6 Å². The van der Waals surface area contributed by atoms with E-state index in [-0.39, 0.29) is 19.8 Å². The zero-order valence-corrected chi connectivity index (χ0v) is 27.4. The zero-order chi connectivity index (χ0) is 32.2. The maximum atomic E-state index is 8.42. The number of nitrogens with one attached hydrogen (secondary N) is 1. The third-order valence-electron chi connectivity index (χ3n) is 7.42. The lowest BCUT2D eigenvalue weighted by Crippen LogP contribution is -2.54. The molecular formula is C37H36Cl3NO5. The minimum absolute atomic E-state index is 0.214. The molecule has 0 unspecified atom stereocenters. The molecule has 0 aliphatic heterocycles. The van der Waals surface area contributed by atoms with Gasteiger partial charge >= 0.3 is 0 Å². The first-order valence-corrected chi connectivity index (χ1v) is 16.1. The predicted molar refractivity (Wildman–Crippen MR) is 182 cm³/mol. The van der Waals surface area contributed by atoms with Crippen LogP contribution in [0.2, 0.25) is 0 Å². The highest BCUT2D eigenvalue weighted by Crippen LogP contribution is 2.35. The van der Waals surface area contributed by atoms with Crippen LogP contribution in [0, 0.1) is 5.41 Å². The summed E-state index contributed by atoms with van der Waals surface area (Å²) in [6, 6.07) is 39.5. The smallest absolute Gasteiger partial charge is 0.265 e. The van der Waals surface area contributed by atoms with E-state index < -0.39 is 34.1 Å². The summed E-state index contributed by atoms with van der Waals surface area (Å²) in [5, 5.41) is 8.42. The van der Waals surface area contributed by atoms with E-state index in [9.17, 15) is 0 Å². The monoisotopic (exact) mass is 679 g/mol. The normalized spacial score (nSPS) is 19.8. The lowest BCUT2D eigenvalue weighted by atomic mass is 9.88. The van der Waals surface area contributed by atoms with Gasteiger partial charge in [-0.15, -0.1) is 0 Å². The molecule has 0 saturated heterocycles. The average Bonchev–Trinajstić information content (AvgIpc) is 3.07. The highest BCUT2D eigenvalue weighted by atomic mass is 35.6. The largest absolute Gasteiger partial charge is 0.468 e. The molecule has 0 fully saturated rings. The van der Waals surface area contributed by atoms with Gasteiger partial charge in [0.2, 0.25) is 5.90 Å². The first kappa shape index (κ1) is 34.1. The maximum Gasteiger partial charge on any atom is 0.265 e. The van der Waals surface area contributed by atoms with Crippen LogP contribution in [0.1, 0.15) is 22.3 Å². The summed E-state index contributed by atoms with van der Waals surface area (Å²) < 4.78 is 30.1. The molecule has 0 spiro atoms. The van der Waals surface area contributed by atoms with Crippen LogP contribution in [-0.4, -0.2) is 40.7 Å². The van der Waals surface area contributed by atoms with Crippen LogP contribution in [0.3, 0.4) is 0 Å². The molecule has 4 atom stereocenters. The van der Waals surface area contributed by atoms with E-state index in [4.69, 9.17) is 63.9 Å². The van der Waals surface area contributed by atoms with Crippen molar-refractivity contribution in [3.05, 3.63) is 155 Å². The summed E-state index contributed by atoms with van der Waals surface area (Å²) in [6.07, 6.45) is -0.998. The van der Waals surface area contributed by atoms with E-state index in [1.807, 2.05) is 127 Å². The third-order valence-corrected chi connectivity index (χ3v) is 7.94. The number of hydrogen-bond acceptors (Lipinski definition) is 6. The molecule has 6 nitrogen and oxygen atoms in total. The lowest BCUT2D eigenvalue weighted by Gasteiger charge is -2.42. The summed E-state index contributed by atoms with van der Waals surface area (Å²) in [5.41, 5.74) is 4.75. The van der Waals surface area contributed by atoms with E-state index in [0.717, 1.165) is 27.8 Å². The maximum absolute atomic E-state index is 8.42. The van der Waals surface area contributed by atoms with E-state index in [1.54, 1.807) is 0 Å². The molecule has 4 aromatic rings. The summed E-state index contributed by atoms with van der Waals surface area (Å²) >= 11 is 18.2. The number of benzene rings is 4. The van der Waals surface area contributed by atoms with Gasteiger partial charge in [-0.3, -0.25) is 5.41 Å². The zero-order valence-electron chi connectivity index (χ0n) is 25.1. The highest BCUT2D eigenvalue weighted by molar-refractivity contribution is 6.76. The van der Waals surface area contributed by atoms with E-state index >= 15 is 0 Å². The van der Waals surface area contributed by atoms with Crippen LogP contribution in [0.15, 0.2) is 133 Å².